The maximum absolute atomic E-state index is 9.40. The lowest BCUT2D eigenvalue weighted by molar-refractivity contribution is 0.269. The van der Waals surface area contributed by atoms with E-state index in [1.165, 1.54) is 0 Å². The minimum absolute atomic E-state index is 0.0468. The summed E-state index contributed by atoms with van der Waals surface area (Å²) >= 11 is 11.8. The minimum atomic E-state index is -0.279. The lowest BCUT2D eigenvalue weighted by atomic mass is 10.1. The zero-order chi connectivity index (χ0) is 13.7. The van der Waals surface area contributed by atoms with E-state index >= 15 is 0 Å². The summed E-state index contributed by atoms with van der Waals surface area (Å²) in [6.45, 7) is -0.0468. The number of nitrogens with zero attached hydrogens (tertiary/aromatic N) is 1. The first-order valence-corrected chi connectivity index (χ1v) is 6.59. The van der Waals surface area contributed by atoms with Crippen LogP contribution in [0.5, 0.6) is 0 Å². The monoisotopic (exact) mass is 293 g/mol. The normalized spacial score (nSPS) is 12.8. The summed E-state index contributed by atoms with van der Waals surface area (Å²) in [5, 5.41) is 10.5. The third-order valence-corrected chi connectivity index (χ3v) is 3.08. The van der Waals surface area contributed by atoms with Crippen molar-refractivity contribution >= 4 is 29.4 Å². The number of benzene rings is 2. The molecule has 0 aliphatic heterocycles. The van der Waals surface area contributed by atoms with Gasteiger partial charge in [0.2, 0.25) is 0 Å². The fraction of sp³-hybridized carbons (Fsp3) is 0.133. The molecular weight excluding hydrogens is 281 g/mol. The van der Waals surface area contributed by atoms with Gasteiger partial charge in [-0.2, -0.15) is 0 Å². The topological polar surface area (TPSA) is 32.6 Å². The fourth-order valence-electron chi connectivity index (χ4n) is 1.74. The molecule has 0 aliphatic rings. The van der Waals surface area contributed by atoms with Crippen molar-refractivity contribution in [2.45, 2.75) is 6.04 Å². The molecule has 0 saturated heterocycles. The molecule has 2 aromatic rings. The molecule has 2 nitrogen and oxygen atoms in total. The molecule has 0 aromatic heterocycles. The van der Waals surface area contributed by atoms with Crippen molar-refractivity contribution in [1.29, 1.82) is 0 Å². The molecule has 4 heteroatoms. The molecule has 0 bridgehead atoms. The van der Waals surface area contributed by atoms with Crippen LogP contribution < -0.4 is 0 Å². The highest BCUT2D eigenvalue weighted by Crippen LogP contribution is 2.20. The third kappa shape index (κ3) is 4.06. The van der Waals surface area contributed by atoms with E-state index in [1.54, 1.807) is 24.4 Å². The first-order valence-electron chi connectivity index (χ1n) is 5.84. The first-order chi connectivity index (χ1) is 9.19. The molecule has 0 spiro atoms. The molecule has 2 rings (SSSR count). The molecule has 0 aliphatic carbocycles. The highest BCUT2D eigenvalue weighted by molar-refractivity contribution is 6.35. The van der Waals surface area contributed by atoms with Gasteiger partial charge < -0.3 is 5.11 Å². The average molecular weight is 294 g/mol. The number of aliphatic hydroxyl groups excluding tert-OH is 1. The molecule has 0 fully saturated rings. The van der Waals surface area contributed by atoms with Crippen molar-refractivity contribution in [2.24, 2.45) is 4.99 Å². The average Bonchev–Trinajstić information content (AvgIpc) is 2.39. The summed E-state index contributed by atoms with van der Waals surface area (Å²) in [5.74, 6) is 0. The van der Waals surface area contributed by atoms with Gasteiger partial charge in [0.05, 0.1) is 12.6 Å². The standard InChI is InChI=1S/C15H13Cl2NO/c16-13-6-11(7-14(17)8-13)9-18-15(10-19)12-4-2-1-3-5-12/h1-9,15,19H,10H2. The van der Waals surface area contributed by atoms with Gasteiger partial charge in [0.1, 0.15) is 0 Å². The van der Waals surface area contributed by atoms with E-state index in [0.717, 1.165) is 11.1 Å². The van der Waals surface area contributed by atoms with Gasteiger partial charge in [-0.25, -0.2) is 0 Å². The van der Waals surface area contributed by atoms with E-state index in [-0.39, 0.29) is 12.6 Å². The van der Waals surface area contributed by atoms with Crippen molar-refractivity contribution in [1.82, 2.24) is 0 Å². The van der Waals surface area contributed by atoms with Crippen LogP contribution >= 0.6 is 23.2 Å². The first kappa shape index (κ1) is 14.1. The molecule has 2 aromatic carbocycles. The molecule has 1 atom stereocenters. The van der Waals surface area contributed by atoms with E-state index in [0.29, 0.717) is 10.0 Å². The van der Waals surface area contributed by atoms with Crippen molar-refractivity contribution in [3.8, 4) is 0 Å². The largest absolute Gasteiger partial charge is 0.394 e. The van der Waals surface area contributed by atoms with Gasteiger partial charge >= 0.3 is 0 Å². The van der Waals surface area contributed by atoms with Crippen molar-refractivity contribution in [3.63, 3.8) is 0 Å². The van der Waals surface area contributed by atoms with Crippen LogP contribution in [0.25, 0.3) is 0 Å². The number of hydrogen-bond acceptors (Lipinski definition) is 2. The van der Waals surface area contributed by atoms with E-state index < -0.39 is 0 Å². The van der Waals surface area contributed by atoms with E-state index in [1.807, 2.05) is 30.3 Å². The number of rotatable bonds is 4. The summed E-state index contributed by atoms with van der Waals surface area (Å²) in [5.41, 5.74) is 1.78. The van der Waals surface area contributed by atoms with Crippen LogP contribution in [0, 0.1) is 0 Å². The Balaban J connectivity index is 2.20. The van der Waals surface area contributed by atoms with Gasteiger partial charge in [0, 0.05) is 16.3 Å². The number of aliphatic imine (C=N–C) groups is 1. The van der Waals surface area contributed by atoms with Crippen molar-refractivity contribution < 1.29 is 5.11 Å². The number of aliphatic hydroxyl groups is 1. The van der Waals surface area contributed by atoms with E-state index in [4.69, 9.17) is 23.2 Å². The highest BCUT2D eigenvalue weighted by atomic mass is 35.5. The van der Waals surface area contributed by atoms with Crippen LogP contribution in [0.2, 0.25) is 10.0 Å². The maximum atomic E-state index is 9.40. The summed E-state index contributed by atoms with van der Waals surface area (Å²) < 4.78 is 0. The molecule has 1 N–H and O–H groups in total. The molecule has 1 unspecified atom stereocenters. The highest BCUT2D eigenvalue weighted by Gasteiger charge is 2.06. The predicted molar refractivity (Wildman–Crippen MR) is 80.3 cm³/mol. The van der Waals surface area contributed by atoms with Gasteiger partial charge in [0.25, 0.3) is 0 Å². The van der Waals surface area contributed by atoms with Crippen LogP contribution in [-0.2, 0) is 0 Å². The van der Waals surface area contributed by atoms with Crippen LogP contribution in [0.1, 0.15) is 17.2 Å². The Morgan fingerprint density at radius 3 is 2.26 bits per heavy atom. The van der Waals surface area contributed by atoms with Crippen molar-refractivity contribution in [3.05, 3.63) is 69.7 Å². The van der Waals surface area contributed by atoms with Crippen LogP contribution in [-0.4, -0.2) is 17.9 Å². The summed E-state index contributed by atoms with van der Waals surface area (Å²) in [6.07, 6.45) is 1.67. The summed E-state index contributed by atoms with van der Waals surface area (Å²) in [7, 11) is 0. The van der Waals surface area contributed by atoms with Crippen molar-refractivity contribution in [2.75, 3.05) is 6.61 Å². The maximum Gasteiger partial charge on any atom is 0.0979 e. The zero-order valence-electron chi connectivity index (χ0n) is 10.1. The Hall–Kier alpha value is -1.35. The van der Waals surface area contributed by atoms with Crippen LogP contribution in [0.15, 0.2) is 53.5 Å². The lowest BCUT2D eigenvalue weighted by Crippen LogP contribution is -2.01. The second-order valence-corrected chi connectivity index (χ2v) is 4.96. The molecule has 0 heterocycles. The quantitative estimate of drug-likeness (QED) is 0.844. The van der Waals surface area contributed by atoms with E-state index in [2.05, 4.69) is 4.99 Å². The molecule has 0 amide bonds. The lowest BCUT2D eigenvalue weighted by Gasteiger charge is -2.09. The predicted octanol–water partition coefficient (Wildman–Crippen LogP) is 4.15. The summed E-state index contributed by atoms with van der Waals surface area (Å²) in [4.78, 5) is 4.37. The molecule has 98 valence electrons. The smallest absolute Gasteiger partial charge is 0.0979 e. The zero-order valence-corrected chi connectivity index (χ0v) is 11.6. The van der Waals surface area contributed by atoms with Gasteiger partial charge in [-0.3, -0.25) is 4.99 Å². The molecule has 0 radical (unpaired) electrons. The number of hydrogen-bond donors (Lipinski definition) is 1. The SMILES string of the molecule is OCC(N=Cc1cc(Cl)cc(Cl)c1)c1ccccc1. The molecular formula is C15H13Cl2NO. The second-order valence-electron chi connectivity index (χ2n) is 4.09. The summed E-state index contributed by atoms with van der Waals surface area (Å²) in [6, 6.07) is 14.6. The number of halogens is 2. The van der Waals surface area contributed by atoms with Gasteiger partial charge in [0.15, 0.2) is 0 Å². The Bertz CT molecular complexity index is 549. The Morgan fingerprint density at radius 2 is 1.68 bits per heavy atom. The van der Waals surface area contributed by atoms with Gasteiger partial charge in [-0.1, -0.05) is 53.5 Å². The van der Waals surface area contributed by atoms with Gasteiger partial charge in [-0.15, -0.1) is 0 Å². The molecule has 0 saturated carbocycles. The van der Waals surface area contributed by atoms with Crippen LogP contribution in [0.4, 0.5) is 0 Å². The minimum Gasteiger partial charge on any atom is -0.394 e. The second kappa shape index (κ2) is 6.71. The molecule has 19 heavy (non-hydrogen) atoms. The van der Waals surface area contributed by atoms with Gasteiger partial charge in [-0.05, 0) is 29.3 Å². The Labute approximate surface area is 122 Å². The Morgan fingerprint density at radius 1 is 1.05 bits per heavy atom. The van der Waals surface area contributed by atoms with E-state index in [9.17, 15) is 5.11 Å². The third-order valence-electron chi connectivity index (χ3n) is 2.65. The fourth-order valence-corrected chi connectivity index (χ4v) is 2.28. The van der Waals surface area contributed by atoms with Crippen LogP contribution in [0.3, 0.4) is 0 Å². The Kier molecular flexibility index (Phi) is 4.97.